The van der Waals surface area contributed by atoms with Gasteiger partial charge in [-0.25, -0.2) is 13.1 Å². The van der Waals surface area contributed by atoms with Crippen LogP contribution in [0, 0.1) is 0 Å². The Morgan fingerprint density at radius 1 is 1.12 bits per heavy atom. The van der Waals surface area contributed by atoms with E-state index in [1.54, 1.807) is 11.0 Å². The van der Waals surface area contributed by atoms with Crippen LogP contribution >= 0.6 is 15.9 Å². The second kappa shape index (κ2) is 9.51. The van der Waals surface area contributed by atoms with Crippen LogP contribution in [-0.4, -0.2) is 64.5 Å². The molecule has 172 valence electrons. The highest BCUT2D eigenvalue weighted by Crippen LogP contribution is 2.37. The van der Waals surface area contributed by atoms with Gasteiger partial charge in [-0.3, -0.25) is 9.69 Å². The third kappa shape index (κ3) is 4.85. The van der Waals surface area contributed by atoms with Crippen molar-refractivity contribution in [3.05, 3.63) is 52.5 Å². The normalized spacial score (nSPS) is 19.3. The maximum absolute atomic E-state index is 13.0. The summed E-state index contributed by atoms with van der Waals surface area (Å²) < 4.78 is 29.3. The molecule has 0 radical (unpaired) electrons. The van der Waals surface area contributed by atoms with Crippen molar-refractivity contribution in [1.29, 1.82) is 0 Å². The van der Waals surface area contributed by atoms with Gasteiger partial charge in [-0.05, 0) is 59.1 Å². The van der Waals surface area contributed by atoms with Gasteiger partial charge in [0.15, 0.2) is 0 Å². The zero-order chi connectivity index (χ0) is 22.9. The Kier molecular flexibility index (Phi) is 6.90. The predicted molar refractivity (Wildman–Crippen MR) is 131 cm³/mol. The number of carbonyl (C=O) groups is 1. The van der Waals surface area contributed by atoms with Crippen LogP contribution in [0.2, 0.25) is 0 Å². The van der Waals surface area contributed by atoms with E-state index in [4.69, 9.17) is 0 Å². The summed E-state index contributed by atoms with van der Waals surface area (Å²) in [6.07, 6.45) is 0.718. The molecule has 1 atom stereocenters. The summed E-state index contributed by atoms with van der Waals surface area (Å²) in [6, 6.07) is 13.8. The second-order valence-corrected chi connectivity index (χ2v) is 11.0. The van der Waals surface area contributed by atoms with Crippen LogP contribution in [0.25, 0.3) is 0 Å². The van der Waals surface area contributed by atoms with Crippen molar-refractivity contribution in [2.45, 2.75) is 31.2 Å². The molecular weight excluding hydrogens is 492 g/mol. The lowest BCUT2D eigenvalue weighted by Gasteiger charge is -2.36. The van der Waals surface area contributed by atoms with Gasteiger partial charge in [-0.1, -0.05) is 18.2 Å². The van der Waals surface area contributed by atoms with Gasteiger partial charge in [0.25, 0.3) is 0 Å². The molecule has 1 N–H and O–H groups in total. The van der Waals surface area contributed by atoms with E-state index in [9.17, 15) is 13.2 Å². The van der Waals surface area contributed by atoms with E-state index in [2.05, 4.69) is 42.6 Å². The van der Waals surface area contributed by atoms with Crippen LogP contribution in [0.3, 0.4) is 0 Å². The zero-order valence-corrected chi connectivity index (χ0v) is 20.8. The molecule has 2 aromatic carbocycles. The molecule has 4 rings (SSSR count). The van der Waals surface area contributed by atoms with Gasteiger partial charge in [0.05, 0.1) is 4.90 Å². The van der Waals surface area contributed by atoms with Crippen molar-refractivity contribution in [3.63, 3.8) is 0 Å². The van der Waals surface area contributed by atoms with Gasteiger partial charge in [0.1, 0.15) is 0 Å². The quantitative estimate of drug-likeness (QED) is 0.633. The molecule has 2 heterocycles. The number of fused-ring (bicyclic) bond motifs is 1. The number of rotatable bonds is 6. The molecule has 0 unspecified atom stereocenters. The highest BCUT2D eigenvalue weighted by molar-refractivity contribution is 9.10. The Bertz CT molecular complexity index is 1090. The molecule has 1 amide bonds. The van der Waals surface area contributed by atoms with Gasteiger partial charge in [0, 0.05) is 68.1 Å². The van der Waals surface area contributed by atoms with Gasteiger partial charge in [-0.2, -0.15) is 0 Å². The summed E-state index contributed by atoms with van der Waals surface area (Å²) in [4.78, 5) is 18.5. The maximum atomic E-state index is 13.0. The average Bonchev–Trinajstić information content (AvgIpc) is 3.08. The largest absolute Gasteiger partial charge is 0.369 e. The van der Waals surface area contributed by atoms with E-state index in [1.807, 2.05) is 31.2 Å². The third-order valence-electron chi connectivity index (χ3n) is 6.19. The molecule has 9 heteroatoms. The summed E-state index contributed by atoms with van der Waals surface area (Å²) in [6.45, 7) is 8.11. The predicted octanol–water partition coefficient (Wildman–Crippen LogP) is 2.85. The molecule has 2 aliphatic rings. The molecule has 1 saturated heterocycles. The molecule has 0 aliphatic carbocycles. The topological polar surface area (TPSA) is 73.0 Å². The number of para-hydroxylation sites is 1. The molecule has 7 nitrogen and oxygen atoms in total. The van der Waals surface area contributed by atoms with Crippen LogP contribution in [0.15, 0.2) is 51.8 Å². The van der Waals surface area contributed by atoms with Crippen LogP contribution in [0.5, 0.6) is 0 Å². The van der Waals surface area contributed by atoms with Gasteiger partial charge in [0.2, 0.25) is 15.9 Å². The van der Waals surface area contributed by atoms with Crippen LogP contribution in [0.4, 0.5) is 11.4 Å². The fraction of sp³-hybridized carbons (Fsp3) is 0.435. The van der Waals surface area contributed by atoms with Crippen molar-refractivity contribution in [2.75, 3.05) is 49.1 Å². The van der Waals surface area contributed by atoms with Gasteiger partial charge >= 0.3 is 0 Å². The molecule has 0 aromatic heterocycles. The first kappa shape index (κ1) is 23.2. The van der Waals surface area contributed by atoms with Gasteiger partial charge < -0.3 is 9.80 Å². The number of anilines is 2. The number of piperazine rings is 1. The van der Waals surface area contributed by atoms with E-state index in [-0.39, 0.29) is 16.8 Å². The first-order valence-corrected chi connectivity index (χ1v) is 13.2. The Morgan fingerprint density at radius 2 is 1.81 bits per heavy atom. The van der Waals surface area contributed by atoms with Gasteiger partial charge in [-0.15, -0.1) is 0 Å². The number of sulfonamides is 1. The number of amides is 1. The van der Waals surface area contributed by atoms with Crippen LogP contribution < -0.4 is 14.5 Å². The van der Waals surface area contributed by atoms with Crippen molar-refractivity contribution >= 4 is 43.2 Å². The molecule has 0 spiro atoms. The molecule has 0 bridgehead atoms. The molecular formula is C23H29BrN4O3S. The summed E-state index contributed by atoms with van der Waals surface area (Å²) in [5, 5.41) is 0. The summed E-state index contributed by atoms with van der Waals surface area (Å²) >= 11 is 3.42. The van der Waals surface area contributed by atoms with Crippen molar-refractivity contribution in [3.8, 4) is 0 Å². The first-order chi connectivity index (χ1) is 15.3. The van der Waals surface area contributed by atoms with Crippen molar-refractivity contribution < 1.29 is 13.2 Å². The first-order valence-electron chi connectivity index (χ1n) is 10.9. The summed E-state index contributed by atoms with van der Waals surface area (Å²) in [7, 11) is -3.71. The molecule has 32 heavy (non-hydrogen) atoms. The number of halogens is 1. The SMILES string of the molecule is CC(=O)N1c2cc(S(=O)(=O)NCCN3CCN(c4ccccc4)CC3)c(Br)cc2C[C@H]1C. The lowest BCUT2D eigenvalue weighted by atomic mass is 10.1. The van der Waals surface area contributed by atoms with E-state index in [1.165, 1.54) is 12.6 Å². The Balaban J connectivity index is 1.36. The Hall–Kier alpha value is -1.94. The number of hydrogen-bond acceptors (Lipinski definition) is 5. The minimum Gasteiger partial charge on any atom is -0.369 e. The lowest BCUT2D eigenvalue weighted by molar-refractivity contribution is -0.116. The Morgan fingerprint density at radius 3 is 2.47 bits per heavy atom. The van der Waals surface area contributed by atoms with E-state index < -0.39 is 10.0 Å². The summed E-state index contributed by atoms with van der Waals surface area (Å²) in [5.74, 6) is -0.0791. The smallest absolute Gasteiger partial charge is 0.241 e. The number of nitrogens with zero attached hydrogens (tertiary/aromatic N) is 3. The Labute approximate surface area is 198 Å². The second-order valence-electron chi connectivity index (χ2n) is 8.42. The average molecular weight is 521 g/mol. The van der Waals surface area contributed by atoms with E-state index in [0.717, 1.165) is 38.2 Å². The monoisotopic (exact) mass is 520 g/mol. The summed E-state index contributed by atoms with van der Waals surface area (Å²) in [5.41, 5.74) is 2.89. The lowest BCUT2D eigenvalue weighted by Crippen LogP contribution is -2.48. The number of hydrogen-bond donors (Lipinski definition) is 1. The minimum absolute atomic E-state index is 0.0230. The van der Waals surface area contributed by atoms with Crippen LogP contribution in [-0.2, 0) is 21.2 Å². The van der Waals surface area contributed by atoms with Crippen LogP contribution in [0.1, 0.15) is 19.4 Å². The molecule has 1 fully saturated rings. The van der Waals surface area contributed by atoms with E-state index in [0.29, 0.717) is 23.2 Å². The number of carbonyl (C=O) groups excluding carboxylic acids is 1. The fourth-order valence-corrected chi connectivity index (χ4v) is 6.72. The highest BCUT2D eigenvalue weighted by Gasteiger charge is 2.32. The van der Waals surface area contributed by atoms with Crippen molar-refractivity contribution in [2.24, 2.45) is 0 Å². The standard InChI is InChI=1S/C23H29BrN4O3S/c1-17-14-19-15-21(24)23(16-22(19)28(17)18(2)29)32(30,31)25-8-9-26-10-12-27(13-11-26)20-6-4-3-5-7-20/h3-7,15-17,25H,8-14H2,1-2H3/t17-/m1/s1. The van der Waals surface area contributed by atoms with E-state index >= 15 is 0 Å². The molecule has 0 saturated carbocycles. The number of nitrogens with one attached hydrogen (secondary N) is 1. The molecule has 2 aromatic rings. The fourth-order valence-electron chi connectivity index (χ4n) is 4.59. The zero-order valence-electron chi connectivity index (χ0n) is 18.4. The minimum atomic E-state index is -3.71. The molecule has 2 aliphatic heterocycles. The highest BCUT2D eigenvalue weighted by atomic mass is 79.9. The third-order valence-corrected chi connectivity index (χ3v) is 8.61. The number of benzene rings is 2. The maximum Gasteiger partial charge on any atom is 0.241 e. The van der Waals surface area contributed by atoms with Crippen molar-refractivity contribution in [1.82, 2.24) is 9.62 Å².